The second kappa shape index (κ2) is 8.56. The molecule has 0 unspecified atom stereocenters. The van der Waals surface area contributed by atoms with Crippen molar-refractivity contribution < 1.29 is 9.13 Å². The fraction of sp³-hybridized carbons (Fsp3) is 0.154. The van der Waals surface area contributed by atoms with Gasteiger partial charge in [-0.05, 0) is 23.8 Å². The number of halogens is 1. The molecule has 7 rings (SSSR count). The Labute approximate surface area is 215 Å². The third kappa shape index (κ3) is 3.69. The Morgan fingerprint density at radius 3 is 2.68 bits per heavy atom. The number of H-pyrrole nitrogens is 2. The number of benzene rings is 1. The molecule has 0 radical (unpaired) electrons. The summed E-state index contributed by atoms with van der Waals surface area (Å²) < 4.78 is 19.5. The zero-order valence-corrected chi connectivity index (χ0v) is 20.2. The third-order valence-corrected chi connectivity index (χ3v) is 6.60. The molecule has 11 nitrogen and oxygen atoms in total. The summed E-state index contributed by atoms with van der Waals surface area (Å²) in [4.78, 5) is 28.2. The van der Waals surface area contributed by atoms with Crippen molar-refractivity contribution in [1.82, 2.24) is 40.1 Å². The maximum Gasteiger partial charge on any atom is 0.159 e. The lowest BCUT2D eigenvalue weighted by atomic mass is 10.1. The van der Waals surface area contributed by atoms with E-state index in [0.717, 1.165) is 29.8 Å². The van der Waals surface area contributed by atoms with Crippen molar-refractivity contribution in [2.24, 2.45) is 5.73 Å². The molecular formula is C26H21FN10O. The van der Waals surface area contributed by atoms with Crippen molar-refractivity contribution in [2.75, 3.05) is 25.1 Å². The second-order valence-corrected chi connectivity index (χ2v) is 9.16. The van der Waals surface area contributed by atoms with Gasteiger partial charge in [-0.15, -0.1) is 0 Å². The van der Waals surface area contributed by atoms with Crippen LogP contribution in [0.15, 0.2) is 55.2 Å². The van der Waals surface area contributed by atoms with Gasteiger partial charge in [-0.1, -0.05) is 0 Å². The van der Waals surface area contributed by atoms with Gasteiger partial charge in [0, 0.05) is 42.3 Å². The number of anilines is 1. The summed E-state index contributed by atoms with van der Waals surface area (Å²) in [5.74, 6) is 1.31. The van der Waals surface area contributed by atoms with Gasteiger partial charge in [-0.2, -0.15) is 5.10 Å². The molecule has 5 aromatic heterocycles. The van der Waals surface area contributed by atoms with Crippen LogP contribution < -0.4 is 15.4 Å². The van der Waals surface area contributed by atoms with Crippen LogP contribution in [-0.2, 0) is 0 Å². The van der Waals surface area contributed by atoms with Gasteiger partial charge in [0.2, 0.25) is 0 Å². The first-order valence-corrected chi connectivity index (χ1v) is 11.9. The maximum absolute atomic E-state index is 14.2. The number of nitrogens with one attached hydrogen (secondary N) is 2. The van der Waals surface area contributed by atoms with Crippen LogP contribution in [0.1, 0.15) is 0 Å². The molecule has 6 heterocycles. The van der Waals surface area contributed by atoms with E-state index in [1.807, 2.05) is 6.07 Å². The van der Waals surface area contributed by atoms with Crippen LogP contribution in [0.3, 0.4) is 0 Å². The number of imidazole rings is 1. The van der Waals surface area contributed by atoms with Gasteiger partial charge in [0.1, 0.15) is 28.8 Å². The third-order valence-electron chi connectivity index (χ3n) is 6.60. The molecule has 38 heavy (non-hydrogen) atoms. The number of fused-ring (bicyclic) bond motifs is 2. The Balaban J connectivity index is 1.30. The Morgan fingerprint density at radius 2 is 1.84 bits per heavy atom. The standard InChI is InChI=1S/C26H21FN10O/c1-38-16-3-13(2-14(27)4-16)18-6-29-8-22-24(18)34-26(33-22)25-17-5-19(31-9-20(17)35-36-25)21-7-30-10-23(32-21)37-11-15(28)12-37/h2-10,15H,11-12,28H2,1H3,(H,33,34)(H,35,36). The molecule has 6 aromatic rings. The van der Waals surface area contributed by atoms with Crippen LogP contribution >= 0.6 is 0 Å². The topological polar surface area (TPSA) is 147 Å². The summed E-state index contributed by atoms with van der Waals surface area (Å²) in [5, 5.41) is 8.33. The smallest absolute Gasteiger partial charge is 0.159 e. The molecule has 1 aliphatic heterocycles. The molecule has 12 heteroatoms. The summed E-state index contributed by atoms with van der Waals surface area (Å²) in [6.07, 6.45) is 8.46. The van der Waals surface area contributed by atoms with Crippen LogP contribution in [-0.4, -0.2) is 66.3 Å². The summed E-state index contributed by atoms with van der Waals surface area (Å²) in [5.41, 5.74) is 11.2. The molecule has 1 aliphatic rings. The Bertz CT molecular complexity index is 1820. The molecule has 4 N–H and O–H groups in total. The van der Waals surface area contributed by atoms with E-state index in [2.05, 4.69) is 35.0 Å². The van der Waals surface area contributed by atoms with Gasteiger partial charge in [0.25, 0.3) is 0 Å². The zero-order valence-electron chi connectivity index (χ0n) is 20.2. The molecule has 188 valence electrons. The number of aromatic amines is 2. The number of nitrogens with zero attached hydrogens (tertiary/aromatic N) is 7. The number of ether oxygens (including phenoxy) is 1. The first-order chi connectivity index (χ1) is 18.6. The van der Waals surface area contributed by atoms with E-state index in [4.69, 9.17) is 20.4 Å². The van der Waals surface area contributed by atoms with Crippen LogP contribution in [0.2, 0.25) is 0 Å². The molecule has 1 saturated heterocycles. The lowest BCUT2D eigenvalue weighted by Gasteiger charge is -2.37. The molecule has 0 spiro atoms. The molecule has 1 aromatic carbocycles. The van der Waals surface area contributed by atoms with E-state index in [1.54, 1.807) is 37.1 Å². The SMILES string of the molecule is COc1cc(F)cc(-c2cncc3[nH]c(-c4n[nH]c5cnc(-c6cncc(N7CC(N)C7)n6)cc45)nc23)c1. The second-order valence-electron chi connectivity index (χ2n) is 9.16. The quantitative estimate of drug-likeness (QED) is 0.319. The van der Waals surface area contributed by atoms with E-state index >= 15 is 0 Å². The van der Waals surface area contributed by atoms with E-state index in [0.29, 0.717) is 50.8 Å². The molecule has 0 aliphatic carbocycles. The molecule has 0 saturated carbocycles. The van der Waals surface area contributed by atoms with Gasteiger partial charge in [-0.3, -0.25) is 20.1 Å². The van der Waals surface area contributed by atoms with Crippen molar-refractivity contribution in [1.29, 1.82) is 0 Å². The highest BCUT2D eigenvalue weighted by molar-refractivity contribution is 5.97. The molecule has 0 atom stereocenters. The number of hydrogen-bond donors (Lipinski definition) is 3. The minimum absolute atomic E-state index is 0.158. The number of aromatic nitrogens is 8. The highest BCUT2D eigenvalue weighted by atomic mass is 19.1. The first-order valence-electron chi connectivity index (χ1n) is 11.9. The van der Waals surface area contributed by atoms with Crippen molar-refractivity contribution in [3.63, 3.8) is 0 Å². The Hall–Kier alpha value is -4.97. The summed E-state index contributed by atoms with van der Waals surface area (Å²) in [6, 6.07) is 6.57. The average Bonchev–Trinajstić information content (AvgIpc) is 3.54. The summed E-state index contributed by atoms with van der Waals surface area (Å²) in [7, 11) is 1.50. The monoisotopic (exact) mass is 508 g/mol. The van der Waals surface area contributed by atoms with Gasteiger partial charge >= 0.3 is 0 Å². The fourth-order valence-electron chi connectivity index (χ4n) is 4.66. The fourth-order valence-corrected chi connectivity index (χ4v) is 4.66. The van der Waals surface area contributed by atoms with Crippen molar-refractivity contribution in [3.05, 3.63) is 61.1 Å². The van der Waals surface area contributed by atoms with Gasteiger partial charge in [0.15, 0.2) is 5.82 Å². The molecule has 1 fully saturated rings. The lowest BCUT2D eigenvalue weighted by Crippen LogP contribution is -2.56. The first kappa shape index (κ1) is 22.2. The summed E-state index contributed by atoms with van der Waals surface area (Å²) in [6.45, 7) is 1.50. The molecule has 0 bridgehead atoms. The Morgan fingerprint density at radius 1 is 0.974 bits per heavy atom. The van der Waals surface area contributed by atoms with E-state index < -0.39 is 5.82 Å². The highest BCUT2D eigenvalue weighted by Crippen LogP contribution is 2.33. The number of hydrogen-bond acceptors (Lipinski definition) is 9. The Kier molecular flexibility index (Phi) is 5.01. The van der Waals surface area contributed by atoms with Gasteiger partial charge in [-0.25, -0.2) is 14.4 Å². The van der Waals surface area contributed by atoms with Crippen LogP contribution in [0.25, 0.3) is 56.0 Å². The van der Waals surface area contributed by atoms with Crippen molar-refractivity contribution in [3.8, 4) is 39.8 Å². The van der Waals surface area contributed by atoms with E-state index in [1.165, 1.54) is 19.2 Å². The minimum Gasteiger partial charge on any atom is -0.497 e. The number of methoxy groups -OCH3 is 1. The molecular weight excluding hydrogens is 487 g/mol. The van der Waals surface area contributed by atoms with Gasteiger partial charge < -0.3 is 20.4 Å². The highest BCUT2D eigenvalue weighted by Gasteiger charge is 2.25. The predicted octanol–water partition coefficient (Wildman–Crippen LogP) is 3.32. The van der Waals surface area contributed by atoms with Crippen LogP contribution in [0, 0.1) is 5.82 Å². The molecule has 0 amide bonds. The number of rotatable bonds is 5. The average molecular weight is 509 g/mol. The van der Waals surface area contributed by atoms with E-state index in [-0.39, 0.29) is 6.04 Å². The largest absolute Gasteiger partial charge is 0.497 e. The van der Waals surface area contributed by atoms with Crippen LogP contribution in [0.5, 0.6) is 5.75 Å². The number of nitrogens with two attached hydrogens (primary N) is 1. The van der Waals surface area contributed by atoms with Crippen molar-refractivity contribution in [2.45, 2.75) is 6.04 Å². The maximum atomic E-state index is 14.2. The zero-order chi connectivity index (χ0) is 25.8. The van der Waals surface area contributed by atoms with Crippen LogP contribution in [0.4, 0.5) is 10.2 Å². The van der Waals surface area contributed by atoms with E-state index in [9.17, 15) is 4.39 Å². The lowest BCUT2D eigenvalue weighted by molar-refractivity contribution is 0.411. The minimum atomic E-state index is -0.408. The number of pyridine rings is 2. The normalized spacial score (nSPS) is 13.8. The van der Waals surface area contributed by atoms with Gasteiger partial charge in [0.05, 0.1) is 54.1 Å². The summed E-state index contributed by atoms with van der Waals surface area (Å²) >= 11 is 0. The van der Waals surface area contributed by atoms with Crippen molar-refractivity contribution >= 4 is 27.8 Å². The predicted molar refractivity (Wildman–Crippen MR) is 140 cm³/mol.